The Bertz CT molecular complexity index is 469. The molecule has 0 unspecified atom stereocenters. The van der Waals surface area contributed by atoms with Crippen LogP contribution >= 0.6 is 0 Å². The summed E-state index contributed by atoms with van der Waals surface area (Å²) in [6, 6.07) is 7.91. The first-order valence-electron chi connectivity index (χ1n) is 6.96. The van der Waals surface area contributed by atoms with Crippen molar-refractivity contribution in [2.45, 2.75) is 46.2 Å². The van der Waals surface area contributed by atoms with Crippen molar-refractivity contribution in [2.24, 2.45) is 10.7 Å². The Morgan fingerprint density at radius 1 is 1.40 bits per heavy atom. The monoisotopic (exact) mass is 276 g/mol. The van der Waals surface area contributed by atoms with E-state index in [4.69, 9.17) is 5.73 Å². The number of nitrogens with one attached hydrogen (secondary N) is 2. The van der Waals surface area contributed by atoms with Gasteiger partial charge in [0, 0.05) is 18.2 Å². The summed E-state index contributed by atoms with van der Waals surface area (Å²) in [5, 5.41) is 5.90. The van der Waals surface area contributed by atoms with Gasteiger partial charge >= 0.3 is 0 Å². The second kappa shape index (κ2) is 8.19. The number of aliphatic imine (C=N–C) groups is 1. The van der Waals surface area contributed by atoms with Crippen molar-refractivity contribution >= 4 is 17.6 Å². The van der Waals surface area contributed by atoms with Crippen molar-refractivity contribution < 1.29 is 4.79 Å². The third-order valence-corrected chi connectivity index (χ3v) is 2.56. The van der Waals surface area contributed by atoms with E-state index in [0.717, 1.165) is 17.7 Å². The Morgan fingerprint density at radius 2 is 2.15 bits per heavy atom. The molecule has 5 nitrogen and oxygen atoms in total. The first kappa shape index (κ1) is 16.0. The second-order valence-electron chi connectivity index (χ2n) is 5.00. The molecule has 0 aliphatic rings. The minimum absolute atomic E-state index is 0.0362. The molecule has 110 valence electrons. The van der Waals surface area contributed by atoms with Gasteiger partial charge < -0.3 is 16.4 Å². The predicted molar refractivity (Wildman–Crippen MR) is 83.6 cm³/mol. The number of nitrogens with two attached hydrogens (primary N) is 1. The fourth-order valence-corrected chi connectivity index (χ4v) is 1.72. The van der Waals surface area contributed by atoms with Gasteiger partial charge in [-0.05, 0) is 38.0 Å². The smallest absolute Gasteiger partial charge is 0.224 e. The van der Waals surface area contributed by atoms with E-state index in [0.29, 0.717) is 18.9 Å². The molecule has 1 rings (SSSR count). The largest absolute Gasteiger partial charge is 0.370 e. The molecule has 5 heteroatoms. The van der Waals surface area contributed by atoms with Crippen molar-refractivity contribution in [2.75, 3.05) is 5.32 Å². The van der Waals surface area contributed by atoms with Crippen molar-refractivity contribution in [3.8, 4) is 0 Å². The van der Waals surface area contributed by atoms with Crippen molar-refractivity contribution in [3.63, 3.8) is 0 Å². The van der Waals surface area contributed by atoms with Crippen LogP contribution in [0, 0.1) is 0 Å². The maximum absolute atomic E-state index is 11.5. The number of rotatable bonds is 6. The molecule has 0 saturated carbocycles. The summed E-state index contributed by atoms with van der Waals surface area (Å²) in [4.78, 5) is 15.8. The fourth-order valence-electron chi connectivity index (χ4n) is 1.72. The van der Waals surface area contributed by atoms with Crippen LogP contribution in [-0.4, -0.2) is 17.9 Å². The molecular formula is C15H24N4O. The van der Waals surface area contributed by atoms with Gasteiger partial charge in [0.05, 0.1) is 6.54 Å². The van der Waals surface area contributed by atoms with E-state index in [1.54, 1.807) is 0 Å². The van der Waals surface area contributed by atoms with Gasteiger partial charge in [0.15, 0.2) is 5.96 Å². The van der Waals surface area contributed by atoms with E-state index >= 15 is 0 Å². The average Bonchev–Trinajstić information content (AvgIpc) is 2.36. The number of hydrogen-bond acceptors (Lipinski definition) is 2. The van der Waals surface area contributed by atoms with Crippen LogP contribution in [0.15, 0.2) is 29.3 Å². The van der Waals surface area contributed by atoms with Gasteiger partial charge in [-0.1, -0.05) is 19.1 Å². The van der Waals surface area contributed by atoms with Crippen molar-refractivity contribution in [1.82, 2.24) is 5.32 Å². The topological polar surface area (TPSA) is 79.5 Å². The van der Waals surface area contributed by atoms with E-state index in [-0.39, 0.29) is 11.9 Å². The molecule has 1 aromatic carbocycles. The highest BCUT2D eigenvalue weighted by Crippen LogP contribution is 2.12. The first-order chi connectivity index (χ1) is 9.51. The molecule has 0 aliphatic carbocycles. The predicted octanol–water partition coefficient (Wildman–Crippen LogP) is 2.24. The van der Waals surface area contributed by atoms with Gasteiger partial charge in [0.1, 0.15) is 0 Å². The molecule has 1 aromatic rings. The molecule has 0 spiro atoms. The number of carbonyl (C=O) groups excluding carboxylic acids is 1. The highest BCUT2D eigenvalue weighted by Gasteiger charge is 2.02. The van der Waals surface area contributed by atoms with Crippen LogP contribution < -0.4 is 16.4 Å². The molecule has 20 heavy (non-hydrogen) atoms. The Morgan fingerprint density at radius 3 is 2.80 bits per heavy atom. The van der Waals surface area contributed by atoms with E-state index in [1.165, 1.54) is 0 Å². The maximum Gasteiger partial charge on any atom is 0.224 e. The Balaban J connectivity index is 2.62. The molecule has 0 radical (unpaired) electrons. The van der Waals surface area contributed by atoms with Gasteiger partial charge in [0.2, 0.25) is 5.91 Å². The van der Waals surface area contributed by atoms with Crippen molar-refractivity contribution in [1.29, 1.82) is 0 Å². The maximum atomic E-state index is 11.5. The van der Waals surface area contributed by atoms with E-state index in [1.807, 2.05) is 45.0 Å². The van der Waals surface area contributed by atoms with Crippen LogP contribution in [-0.2, 0) is 11.3 Å². The standard InChI is InChI=1S/C15H24N4O/c1-4-6-14(20)19-13-8-5-7-12(9-13)10-17-15(16)18-11(2)3/h5,7-9,11H,4,6,10H2,1-3H3,(H,19,20)(H3,16,17,18). The van der Waals surface area contributed by atoms with Crippen LogP contribution in [0.3, 0.4) is 0 Å². The summed E-state index contributed by atoms with van der Waals surface area (Å²) < 4.78 is 0. The molecule has 0 aromatic heterocycles. The number of guanidine groups is 1. The molecule has 0 heterocycles. The van der Waals surface area contributed by atoms with Crippen LogP contribution in [0.2, 0.25) is 0 Å². The number of anilines is 1. The van der Waals surface area contributed by atoms with E-state index < -0.39 is 0 Å². The number of hydrogen-bond donors (Lipinski definition) is 3. The molecule has 4 N–H and O–H groups in total. The lowest BCUT2D eigenvalue weighted by Crippen LogP contribution is -2.36. The molecule has 0 aliphatic heterocycles. The molecule has 0 saturated heterocycles. The van der Waals surface area contributed by atoms with Gasteiger partial charge in [-0.25, -0.2) is 4.99 Å². The van der Waals surface area contributed by atoms with E-state index in [2.05, 4.69) is 15.6 Å². The SMILES string of the molecule is CCCC(=O)Nc1cccc(CN=C(N)NC(C)C)c1. The fraction of sp³-hybridized carbons (Fsp3) is 0.467. The van der Waals surface area contributed by atoms with Crippen LogP contribution in [0.1, 0.15) is 39.2 Å². The van der Waals surface area contributed by atoms with Crippen molar-refractivity contribution in [3.05, 3.63) is 29.8 Å². The van der Waals surface area contributed by atoms with E-state index in [9.17, 15) is 4.79 Å². The molecule has 0 bridgehead atoms. The Labute approximate surface area is 120 Å². The molecule has 0 atom stereocenters. The van der Waals surface area contributed by atoms with Gasteiger partial charge in [0.25, 0.3) is 0 Å². The highest BCUT2D eigenvalue weighted by molar-refractivity contribution is 5.90. The zero-order chi connectivity index (χ0) is 15.0. The molecule has 0 fully saturated rings. The van der Waals surface area contributed by atoms with Gasteiger partial charge in [-0.15, -0.1) is 0 Å². The Kier molecular flexibility index (Phi) is 6.56. The summed E-state index contributed by atoms with van der Waals surface area (Å²) in [5.74, 6) is 0.467. The summed E-state index contributed by atoms with van der Waals surface area (Å²) in [5.41, 5.74) is 7.55. The molecule has 1 amide bonds. The lowest BCUT2D eigenvalue weighted by molar-refractivity contribution is -0.116. The third kappa shape index (κ3) is 6.22. The lowest BCUT2D eigenvalue weighted by Gasteiger charge is -2.09. The average molecular weight is 276 g/mol. The minimum Gasteiger partial charge on any atom is -0.370 e. The minimum atomic E-state index is 0.0362. The number of amides is 1. The summed E-state index contributed by atoms with van der Waals surface area (Å²) in [6.45, 7) is 6.48. The van der Waals surface area contributed by atoms with Crippen LogP contribution in [0.25, 0.3) is 0 Å². The quantitative estimate of drug-likeness (QED) is 0.550. The number of benzene rings is 1. The number of nitrogens with zero attached hydrogens (tertiary/aromatic N) is 1. The summed E-state index contributed by atoms with van der Waals surface area (Å²) >= 11 is 0. The third-order valence-electron chi connectivity index (χ3n) is 2.56. The van der Waals surface area contributed by atoms with Crippen LogP contribution in [0.5, 0.6) is 0 Å². The number of carbonyl (C=O) groups is 1. The summed E-state index contributed by atoms with van der Waals surface area (Å²) in [6.07, 6.45) is 1.38. The zero-order valence-corrected chi connectivity index (χ0v) is 12.4. The zero-order valence-electron chi connectivity index (χ0n) is 12.4. The highest BCUT2D eigenvalue weighted by atomic mass is 16.1. The van der Waals surface area contributed by atoms with Gasteiger partial charge in [-0.3, -0.25) is 4.79 Å². The lowest BCUT2D eigenvalue weighted by atomic mass is 10.2. The molecular weight excluding hydrogens is 252 g/mol. The van der Waals surface area contributed by atoms with Gasteiger partial charge in [-0.2, -0.15) is 0 Å². The summed E-state index contributed by atoms with van der Waals surface area (Å²) in [7, 11) is 0. The Hall–Kier alpha value is -2.04. The first-order valence-corrected chi connectivity index (χ1v) is 6.96. The van der Waals surface area contributed by atoms with Crippen LogP contribution in [0.4, 0.5) is 5.69 Å². The second-order valence-corrected chi connectivity index (χ2v) is 5.00. The normalized spacial score (nSPS) is 11.5.